The Labute approximate surface area is 203 Å². The number of piperidine rings is 1. The average Bonchev–Trinajstić information content (AvgIpc) is 3.16. The number of nitrogens with one attached hydrogen (secondary N) is 2. The van der Waals surface area contributed by atoms with Gasteiger partial charge in [0.25, 0.3) is 5.91 Å². The van der Waals surface area contributed by atoms with E-state index in [1.54, 1.807) is 6.07 Å². The van der Waals surface area contributed by atoms with Crippen LogP contribution in [0.3, 0.4) is 0 Å². The summed E-state index contributed by atoms with van der Waals surface area (Å²) in [6, 6.07) is 12.1. The highest BCUT2D eigenvalue weighted by atomic mass is 16.5. The van der Waals surface area contributed by atoms with E-state index in [9.17, 15) is 19.2 Å². The molecule has 2 aliphatic heterocycles. The van der Waals surface area contributed by atoms with Crippen molar-refractivity contribution in [2.75, 3.05) is 6.61 Å². The highest BCUT2D eigenvalue weighted by Crippen LogP contribution is 2.28. The van der Waals surface area contributed by atoms with Gasteiger partial charge in [-0.25, -0.2) is 4.79 Å². The first-order chi connectivity index (χ1) is 16.8. The Morgan fingerprint density at radius 2 is 1.86 bits per heavy atom. The van der Waals surface area contributed by atoms with Crippen LogP contribution in [0, 0.1) is 5.92 Å². The minimum Gasteiger partial charge on any atom is -0.493 e. The number of benzene rings is 2. The minimum absolute atomic E-state index is 0.125. The monoisotopic (exact) mass is 479 g/mol. The zero-order valence-electron chi connectivity index (χ0n) is 19.8. The van der Waals surface area contributed by atoms with Gasteiger partial charge < -0.3 is 19.7 Å². The van der Waals surface area contributed by atoms with E-state index in [4.69, 9.17) is 9.47 Å². The molecule has 0 aromatic heterocycles. The first-order valence-corrected chi connectivity index (χ1v) is 11.7. The van der Waals surface area contributed by atoms with Crippen LogP contribution in [0.5, 0.6) is 5.75 Å². The summed E-state index contributed by atoms with van der Waals surface area (Å²) in [6.07, 6.45) is -0.0375. The lowest BCUT2D eigenvalue weighted by atomic mass is 10.0. The number of carbonyl (C=O) groups excluding carboxylic acids is 4. The quantitative estimate of drug-likeness (QED) is 0.563. The summed E-state index contributed by atoms with van der Waals surface area (Å²) in [5.41, 5.74) is 2.90. The van der Waals surface area contributed by atoms with Crippen molar-refractivity contribution in [3.8, 4) is 5.75 Å². The van der Waals surface area contributed by atoms with E-state index >= 15 is 0 Å². The summed E-state index contributed by atoms with van der Waals surface area (Å²) in [6.45, 7) is 5.44. The Hall–Kier alpha value is -3.88. The van der Waals surface area contributed by atoms with Gasteiger partial charge in [0.05, 0.1) is 6.61 Å². The van der Waals surface area contributed by atoms with E-state index < -0.39 is 18.0 Å². The predicted molar refractivity (Wildman–Crippen MR) is 126 cm³/mol. The number of nitrogens with zero attached hydrogens (tertiary/aromatic N) is 1. The second-order valence-corrected chi connectivity index (χ2v) is 9.17. The molecular weight excluding hydrogens is 450 g/mol. The second-order valence-electron chi connectivity index (χ2n) is 9.17. The maximum atomic E-state index is 12.9. The molecule has 2 heterocycles. The fraction of sp³-hybridized carbons (Fsp3) is 0.385. The molecule has 1 unspecified atom stereocenters. The predicted octanol–water partition coefficient (Wildman–Crippen LogP) is 2.91. The van der Waals surface area contributed by atoms with Crippen LogP contribution in [-0.2, 0) is 34.0 Å². The molecule has 184 valence electrons. The minimum atomic E-state index is -0.653. The Morgan fingerprint density at radius 1 is 1.11 bits per heavy atom. The van der Waals surface area contributed by atoms with Gasteiger partial charge in [0.15, 0.2) is 0 Å². The molecule has 0 radical (unpaired) electrons. The van der Waals surface area contributed by atoms with Crippen molar-refractivity contribution in [2.45, 2.75) is 52.4 Å². The normalized spacial score (nSPS) is 17.3. The van der Waals surface area contributed by atoms with Crippen molar-refractivity contribution in [3.63, 3.8) is 0 Å². The number of carbonyl (C=O) groups is 4. The molecule has 0 bridgehead atoms. The molecule has 4 amide bonds. The number of hydrogen-bond donors (Lipinski definition) is 2. The van der Waals surface area contributed by atoms with Gasteiger partial charge in [-0.2, -0.15) is 0 Å². The summed E-state index contributed by atoms with van der Waals surface area (Å²) >= 11 is 0. The van der Waals surface area contributed by atoms with E-state index in [1.165, 1.54) is 4.90 Å². The van der Waals surface area contributed by atoms with Crippen LogP contribution < -0.4 is 15.4 Å². The van der Waals surface area contributed by atoms with Gasteiger partial charge in [-0.3, -0.25) is 19.7 Å². The Bertz CT molecular complexity index is 1130. The largest absolute Gasteiger partial charge is 0.493 e. The molecule has 2 aromatic rings. The van der Waals surface area contributed by atoms with Crippen LogP contribution in [0.15, 0.2) is 42.5 Å². The van der Waals surface area contributed by atoms with Crippen LogP contribution in [0.1, 0.15) is 53.7 Å². The number of fused-ring (bicyclic) bond motifs is 1. The third kappa shape index (κ3) is 5.98. The summed E-state index contributed by atoms with van der Waals surface area (Å²) in [7, 11) is 0. The van der Waals surface area contributed by atoms with Crippen LogP contribution in [0.25, 0.3) is 0 Å². The van der Waals surface area contributed by atoms with Crippen molar-refractivity contribution >= 4 is 23.8 Å². The molecule has 9 nitrogen and oxygen atoms in total. The molecule has 2 aliphatic rings. The molecule has 1 saturated heterocycles. The lowest BCUT2D eigenvalue weighted by Crippen LogP contribution is -2.52. The Kier molecular flexibility index (Phi) is 7.33. The fourth-order valence-electron chi connectivity index (χ4n) is 4.03. The zero-order valence-corrected chi connectivity index (χ0v) is 19.8. The Balaban J connectivity index is 1.26. The van der Waals surface area contributed by atoms with E-state index in [2.05, 4.69) is 24.5 Å². The molecule has 35 heavy (non-hydrogen) atoms. The van der Waals surface area contributed by atoms with Crippen molar-refractivity contribution in [1.82, 2.24) is 15.5 Å². The van der Waals surface area contributed by atoms with Crippen LogP contribution in [0.4, 0.5) is 4.79 Å². The smallest absolute Gasteiger partial charge is 0.407 e. The highest BCUT2D eigenvalue weighted by molar-refractivity contribution is 6.05. The number of hydrogen-bond acceptors (Lipinski definition) is 6. The molecular formula is C26H29N3O6. The number of amides is 4. The standard InChI is InChI=1S/C26H29N3O6/c1-16(2)14-34-20-7-4-17(5-8-20)15-35-26(33)27-12-18-3-6-19-13-29(25(32)21(19)11-18)22-9-10-23(30)28-24(22)31/h3-8,11,16,22H,9-10,12-15H2,1-2H3,(H,27,33)(H,28,30,31). The van der Waals surface area contributed by atoms with Gasteiger partial charge in [0.2, 0.25) is 11.8 Å². The number of rotatable bonds is 8. The molecule has 0 saturated carbocycles. The molecule has 4 rings (SSSR count). The lowest BCUT2D eigenvalue weighted by Gasteiger charge is -2.29. The molecule has 1 fully saturated rings. The SMILES string of the molecule is CC(C)COc1ccc(COC(=O)NCc2ccc3c(c2)C(=O)N(C2CCC(=O)NC2=O)C3)cc1. The molecule has 0 spiro atoms. The van der Waals surface area contributed by atoms with Crippen molar-refractivity contribution < 1.29 is 28.7 Å². The third-order valence-corrected chi connectivity index (χ3v) is 5.91. The van der Waals surface area contributed by atoms with E-state index in [1.807, 2.05) is 36.4 Å². The maximum Gasteiger partial charge on any atom is 0.407 e. The first-order valence-electron chi connectivity index (χ1n) is 11.7. The number of imide groups is 1. The lowest BCUT2D eigenvalue weighted by molar-refractivity contribution is -0.136. The summed E-state index contributed by atoms with van der Waals surface area (Å²) in [4.78, 5) is 50.1. The number of alkyl carbamates (subject to hydrolysis) is 1. The molecule has 1 atom stereocenters. The molecule has 2 aromatic carbocycles. The van der Waals surface area contributed by atoms with E-state index in [-0.39, 0.29) is 31.4 Å². The third-order valence-electron chi connectivity index (χ3n) is 5.91. The van der Waals surface area contributed by atoms with Gasteiger partial charge in [-0.15, -0.1) is 0 Å². The van der Waals surface area contributed by atoms with Gasteiger partial charge in [0.1, 0.15) is 18.4 Å². The van der Waals surface area contributed by atoms with Crippen LogP contribution in [-0.4, -0.2) is 41.4 Å². The Morgan fingerprint density at radius 3 is 2.57 bits per heavy atom. The molecule has 0 aliphatic carbocycles. The zero-order chi connectivity index (χ0) is 24.9. The van der Waals surface area contributed by atoms with Crippen molar-refractivity contribution in [3.05, 3.63) is 64.7 Å². The second kappa shape index (κ2) is 10.6. The summed E-state index contributed by atoms with van der Waals surface area (Å²) in [5.74, 6) is 0.205. The van der Waals surface area contributed by atoms with Gasteiger partial charge in [0, 0.05) is 25.1 Å². The number of ether oxygens (including phenoxy) is 2. The van der Waals surface area contributed by atoms with Gasteiger partial charge >= 0.3 is 6.09 Å². The topological polar surface area (TPSA) is 114 Å². The maximum absolute atomic E-state index is 12.9. The van der Waals surface area contributed by atoms with Crippen LogP contribution >= 0.6 is 0 Å². The summed E-state index contributed by atoms with van der Waals surface area (Å²) in [5, 5.41) is 4.99. The van der Waals surface area contributed by atoms with Crippen LogP contribution in [0.2, 0.25) is 0 Å². The summed E-state index contributed by atoms with van der Waals surface area (Å²) < 4.78 is 10.9. The van der Waals surface area contributed by atoms with Crippen molar-refractivity contribution in [1.29, 1.82) is 0 Å². The van der Waals surface area contributed by atoms with Gasteiger partial charge in [-0.05, 0) is 47.2 Å². The average molecular weight is 480 g/mol. The van der Waals surface area contributed by atoms with Crippen molar-refractivity contribution in [2.24, 2.45) is 5.92 Å². The van der Waals surface area contributed by atoms with Gasteiger partial charge in [-0.1, -0.05) is 38.1 Å². The van der Waals surface area contributed by atoms with E-state index in [0.29, 0.717) is 31.1 Å². The fourth-order valence-corrected chi connectivity index (χ4v) is 4.03. The molecule has 9 heteroatoms. The highest BCUT2D eigenvalue weighted by Gasteiger charge is 2.39. The first kappa shape index (κ1) is 24.3. The van der Waals surface area contributed by atoms with E-state index in [0.717, 1.165) is 22.4 Å². The molecule has 2 N–H and O–H groups in total.